The van der Waals surface area contributed by atoms with Crippen molar-refractivity contribution in [2.45, 2.75) is 19.1 Å². The van der Waals surface area contributed by atoms with Gasteiger partial charge in [0.1, 0.15) is 4.34 Å². The standard InChI is InChI=1S/C14H10Cl2F3NOS/c1-7(8-3-2-4-9(5-8)14(17,18)19)20-13(21)10-6-11(15)22-12(10)16/h2-7H,1H3,(H,20,21)/t7-/m0/s1. The monoisotopic (exact) mass is 367 g/mol. The number of alkyl halides is 3. The Morgan fingerprint density at radius 1 is 1.27 bits per heavy atom. The summed E-state index contributed by atoms with van der Waals surface area (Å²) in [5, 5.41) is 2.60. The summed E-state index contributed by atoms with van der Waals surface area (Å²) in [6, 6.07) is 5.62. The first-order valence-corrected chi connectivity index (χ1v) is 7.68. The Labute approximate surface area is 138 Å². The largest absolute Gasteiger partial charge is 0.416 e. The number of amides is 1. The Bertz CT molecular complexity index is 700. The van der Waals surface area contributed by atoms with Crippen molar-refractivity contribution in [1.29, 1.82) is 0 Å². The highest BCUT2D eigenvalue weighted by Gasteiger charge is 2.30. The van der Waals surface area contributed by atoms with Gasteiger partial charge in [-0.2, -0.15) is 13.2 Å². The summed E-state index contributed by atoms with van der Waals surface area (Å²) in [4.78, 5) is 12.1. The molecule has 22 heavy (non-hydrogen) atoms. The summed E-state index contributed by atoms with van der Waals surface area (Å²) in [6.45, 7) is 1.59. The van der Waals surface area contributed by atoms with E-state index in [-0.39, 0.29) is 9.90 Å². The molecule has 1 atom stereocenters. The van der Waals surface area contributed by atoms with Gasteiger partial charge in [-0.25, -0.2) is 0 Å². The minimum atomic E-state index is -4.43. The molecule has 1 aromatic carbocycles. The fraction of sp³-hybridized carbons (Fsp3) is 0.214. The van der Waals surface area contributed by atoms with Crippen molar-refractivity contribution in [3.05, 3.63) is 55.7 Å². The highest BCUT2D eigenvalue weighted by molar-refractivity contribution is 7.20. The molecule has 0 unspecified atom stereocenters. The van der Waals surface area contributed by atoms with Crippen LogP contribution in [0, 0.1) is 0 Å². The normalized spacial score (nSPS) is 13.0. The number of rotatable bonds is 3. The number of carbonyl (C=O) groups is 1. The van der Waals surface area contributed by atoms with Crippen LogP contribution in [-0.2, 0) is 6.18 Å². The van der Waals surface area contributed by atoms with Gasteiger partial charge in [-0.3, -0.25) is 4.79 Å². The molecule has 0 radical (unpaired) electrons. The Balaban J connectivity index is 2.17. The van der Waals surface area contributed by atoms with Crippen molar-refractivity contribution in [2.24, 2.45) is 0 Å². The Morgan fingerprint density at radius 3 is 2.50 bits per heavy atom. The Hall–Kier alpha value is -1.24. The van der Waals surface area contributed by atoms with Crippen LogP contribution in [0.2, 0.25) is 8.67 Å². The van der Waals surface area contributed by atoms with E-state index in [1.165, 1.54) is 18.2 Å². The molecule has 0 saturated carbocycles. The lowest BCUT2D eigenvalue weighted by Gasteiger charge is -2.16. The van der Waals surface area contributed by atoms with Crippen LogP contribution in [0.4, 0.5) is 13.2 Å². The molecule has 2 rings (SSSR count). The molecular formula is C14H10Cl2F3NOS. The maximum Gasteiger partial charge on any atom is 0.416 e. The van der Waals surface area contributed by atoms with E-state index in [4.69, 9.17) is 23.2 Å². The maximum absolute atomic E-state index is 12.7. The van der Waals surface area contributed by atoms with E-state index in [2.05, 4.69) is 5.32 Å². The second-order valence-electron chi connectivity index (χ2n) is 4.56. The first-order valence-electron chi connectivity index (χ1n) is 6.11. The third-order valence-electron chi connectivity index (χ3n) is 2.96. The van der Waals surface area contributed by atoms with E-state index in [1.54, 1.807) is 6.92 Å². The molecule has 1 amide bonds. The van der Waals surface area contributed by atoms with E-state index >= 15 is 0 Å². The van der Waals surface area contributed by atoms with Gasteiger partial charge in [-0.15, -0.1) is 11.3 Å². The predicted molar refractivity (Wildman–Crippen MR) is 81.7 cm³/mol. The fourth-order valence-electron chi connectivity index (χ4n) is 1.84. The zero-order valence-corrected chi connectivity index (χ0v) is 13.5. The van der Waals surface area contributed by atoms with Crippen LogP contribution in [-0.4, -0.2) is 5.91 Å². The molecule has 0 aliphatic rings. The molecule has 0 fully saturated rings. The van der Waals surface area contributed by atoms with E-state index in [0.717, 1.165) is 23.5 Å². The molecule has 1 N–H and O–H groups in total. The molecule has 0 aliphatic heterocycles. The average Bonchev–Trinajstić information content (AvgIpc) is 2.77. The van der Waals surface area contributed by atoms with Crippen LogP contribution in [0.25, 0.3) is 0 Å². The summed E-state index contributed by atoms with van der Waals surface area (Å²) in [7, 11) is 0. The first-order chi connectivity index (χ1) is 10.2. The van der Waals surface area contributed by atoms with Crippen LogP contribution in [0.15, 0.2) is 30.3 Å². The topological polar surface area (TPSA) is 29.1 Å². The Kier molecular flexibility index (Phi) is 5.04. The van der Waals surface area contributed by atoms with Crippen molar-refractivity contribution in [3.8, 4) is 0 Å². The van der Waals surface area contributed by atoms with Crippen molar-refractivity contribution >= 4 is 40.4 Å². The highest BCUT2D eigenvalue weighted by Crippen LogP contribution is 2.32. The lowest BCUT2D eigenvalue weighted by molar-refractivity contribution is -0.137. The van der Waals surface area contributed by atoms with E-state index in [1.807, 2.05) is 0 Å². The highest BCUT2D eigenvalue weighted by atomic mass is 35.5. The van der Waals surface area contributed by atoms with Gasteiger partial charge in [0.2, 0.25) is 0 Å². The van der Waals surface area contributed by atoms with Gasteiger partial charge in [0, 0.05) is 0 Å². The second kappa shape index (κ2) is 6.48. The lowest BCUT2D eigenvalue weighted by atomic mass is 10.0. The first kappa shape index (κ1) is 17.1. The zero-order chi connectivity index (χ0) is 16.5. The summed E-state index contributed by atoms with van der Waals surface area (Å²) < 4.78 is 38.7. The van der Waals surface area contributed by atoms with Crippen molar-refractivity contribution in [1.82, 2.24) is 5.32 Å². The number of halogens is 5. The van der Waals surface area contributed by atoms with Crippen molar-refractivity contribution in [2.75, 3.05) is 0 Å². The number of benzene rings is 1. The van der Waals surface area contributed by atoms with E-state index in [9.17, 15) is 18.0 Å². The molecule has 1 heterocycles. The van der Waals surface area contributed by atoms with Crippen LogP contribution < -0.4 is 5.32 Å². The number of hydrogen-bond acceptors (Lipinski definition) is 2. The SMILES string of the molecule is C[C@H](NC(=O)c1cc(Cl)sc1Cl)c1cccc(C(F)(F)F)c1. The predicted octanol–water partition coefficient (Wildman–Crippen LogP) is 5.56. The van der Waals surface area contributed by atoms with E-state index in [0.29, 0.717) is 9.90 Å². The number of hydrogen-bond donors (Lipinski definition) is 1. The summed E-state index contributed by atoms with van der Waals surface area (Å²) in [5.41, 5.74) is -0.209. The smallest absolute Gasteiger partial charge is 0.345 e. The van der Waals surface area contributed by atoms with Gasteiger partial charge in [0.05, 0.1) is 21.5 Å². The molecule has 118 valence electrons. The molecule has 0 spiro atoms. The third-order valence-corrected chi connectivity index (χ3v) is 4.45. The van der Waals surface area contributed by atoms with Gasteiger partial charge >= 0.3 is 6.18 Å². The summed E-state index contributed by atoms with van der Waals surface area (Å²) >= 11 is 12.7. The fourth-order valence-corrected chi connectivity index (χ4v) is 3.30. The van der Waals surface area contributed by atoms with E-state index < -0.39 is 23.7 Å². The average molecular weight is 368 g/mol. The number of thiophene rings is 1. The molecule has 2 aromatic rings. The van der Waals surface area contributed by atoms with Crippen LogP contribution in [0.1, 0.15) is 34.5 Å². The molecule has 0 bridgehead atoms. The molecule has 0 saturated heterocycles. The minimum absolute atomic E-state index is 0.204. The second-order valence-corrected chi connectivity index (χ2v) is 6.84. The summed E-state index contributed by atoms with van der Waals surface area (Å²) in [5.74, 6) is -0.488. The van der Waals surface area contributed by atoms with Crippen LogP contribution in [0.3, 0.4) is 0 Å². The lowest BCUT2D eigenvalue weighted by Crippen LogP contribution is -2.26. The quantitative estimate of drug-likeness (QED) is 0.755. The number of nitrogens with one attached hydrogen (secondary N) is 1. The molecule has 1 aromatic heterocycles. The Morgan fingerprint density at radius 2 is 1.95 bits per heavy atom. The van der Waals surface area contributed by atoms with Crippen LogP contribution in [0.5, 0.6) is 0 Å². The van der Waals surface area contributed by atoms with Gasteiger partial charge < -0.3 is 5.32 Å². The van der Waals surface area contributed by atoms with Gasteiger partial charge in [0.25, 0.3) is 5.91 Å². The number of carbonyl (C=O) groups excluding carboxylic acids is 1. The molecular weight excluding hydrogens is 358 g/mol. The van der Waals surface area contributed by atoms with Gasteiger partial charge in [-0.1, -0.05) is 35.3 Å². The van der Waals surface area contributed by atoms with Crippen molar-refractivity contribution < 1.29 is 18.0 Å². The van der Waals surface area contributed by atoms with Crippen LogP contribution >= 0.6 is 34.5 Å². The van der Waals surface area contributed by atoms with Gasteiger partial charge in [0.15, 0.2) is 0 Å². The minimum Gasteiger partial charge on any atom is -0.345 e. The van der Waals surface area contributed by atoms with Gasteiger partial charge in [-0.05, 0) is 30.7 Å². The van der Waals surface area contributed by atoms with Crippen molar-refractivity contribution in [3.63, 3.8) is 0 Å². The molecule has 8 heteroatoms. The summed E-state index contributed by atoms with van der Waals surface area (Å²) in [6.07, 6.45) is -4.43. The zero-order valence-electron chi connectivity index (χ0n) is 11.2. The molecule has 2 nitrogen and oxygen atoms in total. The third kappa shape index (κ3) is 3.94. The maximum atomic E-state index is 12.7. The molecule has 0 aliphatic carbocycles.